The van der Waals surface area contributed by atoms with Gasteiger partial charge in [-0.3, -0.25) is 15.0 Å². The molecule has 0 bridgehead atoms. The Kier molecular flexibility index (Phi) is 8.84. The van der Waals surface area contributed by atoms with Crippen molar-refractivity contribution in [2.24, 2.45) is 10.7 Å². The number of allylic oxidation sites excluding steroid dienone is 2. The third kappa shape index (κ3) is 5.82. The first-order valence-corrected chi connectivity index (χ1v) is 13.1. The van der Waals surface area contributed by atoms with Gasteiger partial charge in [-0.2, -0.15) is 0 Å². The third-order valence-corrected chi connectivity index (χ3v) is 6.85. The number of carboxylic acid groups (broad SMARTS) is 2. The monoisotopic (exact) mass is 556 g/mol. The third-order valence-electron chi connectivity index (χ3n) is 6.85. The Morgan fingerprint density at radius 2 is 1.63 bits per heavy atom. The largest absolute Gasteiger partial charge is 0.479 e. The van der Waals surface area contributed by atoms with Gasteiger partial charge in [0, 0.05) is 11.3 Å². The van der Waals surface area contributed by atoms with Gasteiger partial charge in [0.15, 0.2) is 6.04 Å². The molecule has 0 radical (unpaired) electrons. The molecule has 0 fully saturated rings. The van der Waals surface area contributed by atoms with Crippen LogP contribution < -0.4 is 16.0 Å². The number of hydrogen-bond donors (Lipinski definition) is 4. The van der Waals surface area contributed by atoms with Crippen LogP contribution in [0.5, 0.6) is 0 Å². The van der Waals surface area contributed by atoms with E-state index < -0.39 is 42.1 Å². The van der Waals surface area contributed by atoms with Crippen LogP contribution in [0.4, 0.5) is 5.69 Å². The van der Waals surface area contributed by atoms with Gasteiger partial charge in [0.2, 0.25) is 12.0 Å². The van der Waals surface area contributed by atoms with Crippen LogP contribution in [0.2, 0.25) is 0 Å². The number of amidine groups is 1. The normalized spacial score (nSPS) is 19.1. The number of nitrogens with zero attached hydrogens (tertiary/aromatic N) is 2. The average molecular weight is 557 g/mol. The van der Waals surface area contributed by atoms with Gasteiger partial charge in [-0.05, 0) is 30.5 Å². The minimum atomic E-state index is -1.71. The number of nitrogens with one attached hydrogen (secondary N) is 1. The molecule has 1 amide bonds. The zero-order chi connectivity index (χ0) is 29.6. The summed E-state index contributed by atoms with van der Waals surface area (Å²) in [5, 5.41) is 24.1. The number of ether oxygens (including phenoxy) is 1. The molecule has 0 aliphatic carbocycles. The fraction of sp³-hybridized carbons (Fsp3) is 0.226. The highest BCUT2D eigenvalue weighted by atomic mass is 16.5. The quantitative estimate of drug-likeness (QED) is 0.229. The molecule has 3 aromatic rings. The zero-order valence-electron chi connectivity index (χ0n) is 22.7. The average Bonchev–Trinajstić information content (AvgIpc) is 3.08. The molecule has 3 unspecified atom stereocenters. The summed E-state index contributed by atoms with van der Waals surface area (Å²) < 4.78 is 5.88. The van der Waals surface area contributed by atoms with Crippen LogP contribution in [-0.2, 0) is 24.7 Å². The highest BCUT2D eigenvalue weighted by molar-refractivity contribution is 6.02. The van der Waals surface area contributed by atoms with Gasteiger partial charge in [0.1, 0.15) is 5.54 Å². The van der Waals surface area contributed by atoms with E-state index in [2.05, 4.69) is 10.3 Å². The first-order valence-electron chi connectivity index (χ1n) is 13.1. The van der Waals surface area contributed by atoms with Crippen molar-refractivity contribution in [3.8, 4) is 0 Å². The number of aliphatic imine (C=N–C) groups is 1. The van der Waals surface area contributed by atoms with Crippen molar-refractivity contribution in [1.29, 1.82) is 0 Å². The molecule has 0 spiro atoms. The molecular formula is C31H32N4O6. The highest BCUT2D eigenvalue weighted by Gasteiger charge is 2.53. The number of benzene rings is 3. The van der Waals surface area contributed by atoms with Crippen LogP contribution in [-0.4, -0.2) is 46.7 Å². The lowest BCUT2D eigenvalue weighted by molar-refractivity contribution is -0.149. The smallest absolute Gasteiger partial charge is 0.347 e. The lowest BCUT2D eigenvalue weighted by Gasteiger charge is -2.40. The summed E-state index contributed by atoms with van der Waals surface area (Å²) in [6.45, 7) is 3.24. The number of nitrogens with two attached hydrogens (primary N) is 1. The molecule has 1 heterocycles. The van der Waals surface area contributed by atoms with Gasteiger partial charge < -0.3 is 20.7 Å². The Bertz CT molecular complexity index is 1470. The number of carbonyl (C=O) groups is 3. The molecule has 0 saturated heterocycles. The number of anilines is 1. The molecule has 0 saturated carbocycles. The molecule has 0 aromatic heterocycles. The number of carboxylic acids is 2. The molecule has 4 rings (SSSR count). The standard InChI is InChI=1S/C31H32N4O6/c1-3-12-20(2)34-30(32)41-27(29(39)40)31(22-15-8-5-9-16-22)23-17-10-11-18-24(23)35(25(36)19-33-31)26(28(37)38)21-13-6-4-7-14-21/h4-18,26-27,33H,3,19H2,1-2H3,(H2,32,34)(H,37,38)(H,39,40)/b20-12-. The van der Waals surface area contributed by atoms with E-state index in [1.165, 1.54) is 4.90 Å². The van der Waals surface area contributed by atoms with Gasteiger partial charge in [-0.15, -0.1) is 0 Å². The van der Waals surface area contributed by atoms with Crippen molar-refractivity contribution in [3.05, 3.63) is 113 Å². The highest BCUT2D eigenvalue weighted by Crippen LogP contribution is 2.44. The molecule has 10 heteroatoms. The van der Waals surface area contributed by atoms with E-state index in [1.807, 2.05) is 13.0 Å². The first-order chi connectivity index (χ1) is 19.7. The van der Waals surface area contributed by atoms with Crippen molar-refractivity contribution in [2.45, 2.75) is 38.0 Å². The molecule has 212 valence electrons. The van der Waals surface area contributed by atoms with Crippen LogP contribution in [0, 0.1) is 0 Å². The molecule has 41 heavy (non-hydrogen) atoms. The van der Waals surface area contributed by atoms with Crippen molar-refractivity contribution in [3.63, 3.8) is 0 Å². The van der Waals surface area contributed by atoms with Crippen LogP contribution >= 0.6 is 0 Å². The number of carbonyl (C=O) groups excluding carboxylic acids is 1. The van der Waals surface area contributed by atoms with E-state index in [9.17, 15) is 24.6 Å². The Labute approximate surface area is 237 Å². The first kappa shape index (κ1) is 29.0. The SMILES string of the molecule is CC/C=C(/C)N=C(N)OC(C(=O)O)C1(c2ccccc2)NCC(=O)N(C(C(=O)O)c2ccccc2)c2ccccc21. The predicted octanol–water partition coefficient (Wildman–Crippen LogP) is 3.79. The van der Waals surface area contributed by atoms with E-state index in [-0.39, 0.29) is 11.7 Å². The lowest BCUT2D eigenvalue weighted by Crippen LogP contribution is -2.58. The van der Waals surface area contributed by atoms with Crippen molar-refractivity contribution in [2.75, 3.05) is 11.4 Å². The number of para-hydroxylation sites is 1. The van der Waals surface area contributed by atoms with Crippen LogP contribution in [0.15, 0.2) is 102 Å². The molecule has 3 atom stereocenters. The van der Waals surface area contributed by atoms with Crippen molar-refractivity contribution >= 4 is 29.6 Å². The number of rotatable bonds is 9. The summed E-state index contributed by atoms with van der Waals surface area (Å²) in [4.78, 5) is 44.9. The van der Waals surface area contributed by atoms with Crippen LogP contribution in [0.3, 0.4) is 0 Å². The Morgan fingerprint density at radius 1 is 1.02 bits per heavy atom. The summed E-state index contributed by atoms with van der Waals surface area (Å²) in [5.41, 5.74) is 6.36. The number of hydrogen-bond acceptors (Lipinski definition) is 6. The van der Waals surface area contributed by atoms with Gasteiger partial charge in [-0.25, -0.2) is 14.6 Å². The van der Waals surface area contributed by atoms with Crippen LogP contribution in [0.1, 0.15) is 43.0 Å². The molecule has 1 aliphatic rings. The van der Waals surface area contributed by atoms with E-state index in [4.69, 9.17) is 10.5 Å². The van der Waals surface area contributed by atoms with Crippen molar-refractivity contribution < 1.29 is 29.3 Å². The Hall–Kier alpha value is -4.96. The minimum Gasteiger partial charge on any atom is -0.479 e. The Morgan fingerprint density at radius 3 is 2.24 bits per heavy atom. The maximum atomic E-state index is 13.8. The van der Waals surface area contributed by atoms with E-state index >= 15 is 0 Å². The summed E-state index contributed by atoms with van der Waals surface area (Å²) >= 11 is 0. The molecule has 3 aromatic carbocycles. The van der Waals surface area contributed by atoms with Crippen molar-refractivity contribution in [1.82, 2.24) is 5.32 Å². The fourth-order valence-corrected chi connectivity index (χ4v) is 5.20. The maximum Gasteiger partial charge on any atom is 0.347 e. The second-order valence-electron chi connectivity index (χ2n) is 9.50. The van der Waals surface area contributed by atoms with Crippen LogP contribution in [0.25, 0.3) is 0 Å². The Balaban J connectivity index is 2.00. The number of amides is 1. The van der Waals surface area contributed by atoms with Gasteiger partial charge in [0.25, 0.3) is 6.02 Å². The van der Waals surface area contributed by atoms with Gasteiger partial charge in [-0.1, -0.05) is 91.9 Å². The van der Waals surface area contributed by atoms with E-state index in [1.54, 1.807) is 91.9 Å². The number of fused-ring (bicyclic) bond motifs is 1. The predicted molar refractivity (Wildman–Crippen MR) is 154 cm³/mol. The topological polar surface area (TPSA) is 155 Å². The summed E-state index contributed by atoms with van der Waals surface area (Å²) in [6.07, 6.45) is 0.791. The minimum absolute atomic E-state index is 0.218. The van der Waals surface area contributed by atoms with E-state index in [0.29, 0.717) is 28.8 Å². The van der Waals surface area contributed by atoms with Gasteiger partial charge >= 0.3 is 11.9 Å². The zero-order valence-corrected chi connectivity index (χ0v) is 22.7. The summed E-state index contributed by atoms with van der Waals surface area (Å²) in [7, 11) is 0. The molecule has 10 nitrogen and oxygen atoms in total. The second kappa shape index (κ2) is 12.5. The van der Waals surface area contributed by atoms with E-state index in [0.717, 1.165) is 0 Å². The summed E-state index contributed by atoms with van der Waals surface area (Å²) in [6, 6.07) is 21.9. The summed E-state index contributed by atoms with van der Waals surface area (Å²) in [5.74, 6) is -3.18. The van der Waals surface area contributed by atoms with Gasteiger partial charge in [0.05, 0.1) is 12.2 Å². The fourth-order valence-electron chi connectivity index (χ4n) is 5.20. The lowest BCUT2D eigenvalue weighted by atomic mass is 9.77. The second-order valence-corrected chi connectivity index (χ2v) is 9.50. The number of aliphatic carboxylic acids is 2. The molecule has 1 aliphatic heterocycles. The maximum absolute atomic E-state index is 13.8. The molecular weight excluding hydrogens is 524 g/mol. The molecule has 5 N–H and O–H groups in total.